The van der Waals surface area contributed by atoms with Gasteiger partial charge in [0.2, 0.25) is 5.88 Å². The summed E-state index contributed by atoms with van der Waals surface area (Å²) in [4.78, 5) is 26.1. The number of nitrogens with two attached hydrogens (primary N) is 2. The molecule has 5 N–H and O–H groups in total. The van der Waals surface area contributed by atoms with Crippen LogP contribution in [0, 0.1) is 12.7 Å². The van der Waals surface area contributed by atoms with E-state index < -0.39 is 11.9 Å². The number of anilines is 3. The number of amides is 1. The van der Waals surface area contributed by atoms with Crippen LogP contribution in [0.25, 0.3) is 28.1 Å². The number of para-hydroxylation sites is 1. The maximum Gasteiger partial charge on any atom is 0.412 e. The van der Waals surface area contributed by atoms with E-state index >= 15 is 0 Å². The van der Waals surface area contributed by atoms with Crippen LogP contribution in [0.3, 0.4) is 0 Å². The zero-order valence-electron chi connectivity index (χ0n) is 22.9. The number of nitrogens with one attached hydrogen (secondary N) is 1. The lowest BCUT2D eigenvalue weighted by Gasteiger charge is -2.16. The molecule has 1 saturated carbocycles. The second kappa shape index (κ2) is 11.3. The second-order valence-corrected chi connectivity index (χ2v) is 10.1. The minimum atomic E-state index is -0.669. The first-order valence-electron chi connectivity index (χ1n) is 13.6. The minimum Gasteiger partial charge on any atom is -0.472 e. The highest BCUT2D eigenvalue weighted by Crippen LogP contribution is 2.35. The molecule has 3 aromatic heterocycles. The Morgan fingerprint density at radius 1 is 1.02 bits per heavy atom. The Morgan fingerprint density at radius 3 is 2.43 bits per heavy atom. The topological polar surface area (TPSA) is 156 Å². The third-order valence-corrected chi connectivity index (χ3v) is 7.14. The van der Waals surface area contributed by atoms with Crippen LogP contribution in [-0.2, 0) is 11.3 Å². The molecule has 0 saturated heterocycles. The average molecular weight is 569 g/mol. The van der Waals surface area contributed by atoms with Gasteiger partial charge in [-0.25, -0.2) is 23.8 Å². The van der Waals surface area contributed by atoms with E-state index in [0.717, 1.165) is 36.8 Å². The van der Waals surface area contributed by atoms with Gasteiger partial charge in [-0.15, -0.1) is 0 Å². The van der Waals surface area contributed by atoms with Gasteiger partial charge in [0, 0.05) is 10.9 Å². The summed E-state index contributed by atoms with van der Waals surface area (Å²) in [5, 5.41) is 7.97. The average Bonchev–Trinajstić information content (AvgIpc) is 3.61. The standard InChI is InChI=1S/C30H29FN8O3/c1-17-21-15-22(27-35-25(32)24(26(33)36-27)34-30(40)42-20-12-6-7-13-20)29(41-16-18-9-5-8-14-23(18)31)37-28(21)39(38-17)19-10-3-2-4-11-19/h2-5,8-11,14-15,20H,6-7,12-13,16H2,1H3,(H,34,40)(H4,32,33,35,36). The number of aryl methyl sites for hydroxylation is 1. The molecule has 0 radical (unpaired) electrons. The Bertz CT molecular complexity index is 1750. The molecule has 0 bridgehead atoms. The van der Waals surface area contributed by atoms with E-state index in [9.17, 15) is 9.18 Å². The predicted molar refractivity (Wildman–Crippen MR) is 157 cm³/mol. The number of benzene rings is 2. The molecule has 11 nitrogen and oxygen atoms in total. The van der Waals surface area contributed by atoms with Crippen LogP contribution in [0.4, 0.5) is 26.5 Å². The fourth-order valence-corrected chi connectivity index (χ4v) is 4.98. The molecule has 1 amide bonds. The van der Waals surface area contributed by atoms with Gasteiger partial charge in [-0.05, 0) is 56.9 Å². The van der Waals surface area contributed by atoms with E-state index in [1.807, 2.05) is 37.3 Å². The molecule has 42 heavy (non-hydrogen) atoms. The van der Waals surface area contributed by atoms with Crippen LogP contribution in [0.5, 0.6) is 5.88 Å². The van der Waals surface area contributed by atoms with E-state index in [1.54, 1.807) is 28.9 Å². The van der Waals surface area contributed by atoms with Crippen LogP contribution >= 0.6 is 0 Å². The van der Waals surface area contributed by atoms with Crippen molar-refractivity contribution in [2.45, 2.75) is 45.3 Å². The molecule has 1 aliphatic rings. The van der Waals surface area contributed by atoms with Crippen molar-refractivity contribution in [1.29, 1.82) is 0 Å². The summed E-state index contributed by atoms with van der Waals surface area (Å²) in [6.45, 7) is 1.76. The number of carbonyl (C=O) groups is 1. The molecule has 1 aliphatic carbocycles. The highest BCUT2D eigenvalue weighted by atomic mass is 19.1. The van der Waals surface area contributed by atoms with E-state index in [0.29, 0.717) is 22.5 Å². The maximum atomic E-state index is 14.4. The van der Waals surface area contributed by atoms with Crippen molar-refractivity contribution in [3.8, 4) is 23.0 Å². The normalized spacial score (nSPS) is 13.4. The number of ether oxygens (including phenoxy) is 2. The Kier molecular flexibility index (Phi) is 7.26. The predicted octanol–water partition coefficient (Wildman–Crippen LogP) is 5.56. The van der Waals surface area contributed by atoms with Gasteiger partial charge in [0.05, 0.1) is 16.9 Å². The van der Waals surface area contributed by atoms with Gasteiger partial charge in [-0.1, -0.05) is 36.4 Å². The quantitative estimate of drug-likeness (QED) is 0.229. The molecule has 0 spiro atoms. The summed E-state index contributed by atoms with van der Waals surface area (Å²) >= 11 is 0. The fraction of sp³-hybridized carbons (Fsp3) is 0.233. The summed E-state index contributed by atoms with van der Waals surface area (Å²) in [5.74, 6) is -0.280. The lowest BCUT2D eigenvalue weighted by atomic mass is 10.1. The molecular formula is C30H29FN8O3. The van der Waals surface area contributed by atoms with Crippen molar-refractivity contribution in [2.24, 2.45) is 0 Å². The second-order valence-electron chi connectivity index (χ2n) is 10.1. The number of halogens is 1. The number of hydrogen-bond donors (Lipinski definition) is 3. The largest absolute Gasteiger partial charge is 0.472 e. The van der Waals surface area contributed by atoms with Crippen molar-refractivity contribution in [2.75, 3.05) is 16.8 Å². The fourth-order valence-electron chi connectivity index (χ4n) is 4.98. The third-order valence-electron chi connectivity index (χ3n) is 7.14. The Hall–Kier alpha value is -5.26. The van der Waals surface area contributed by atoms with E-state index in [4.69, 9.17) is 25.9 Å². The summed E-state index contributed by atoms with van der Waals surface area (Å²) in [5.41, 5.74) is 15.3. The lowest BCUT2D eigenvalue weighted by Crippen LogP contribution is -2.22. The number of aromatic nitrogens is 5. The smallest absolute Gasteiger partial charge is 0.412 e. The molecule has 12 heteroatoms. The first-order valence-corrected chi connectivity index (χ1v) is 13.6. The van der Waals surface area contributed by atoms with Gasteiger partial charge in [-0.3, -0.25) is 5.32 Å². The summed E-state index contributed by atoms with van der Waals surface area (Å²) < 4.78 is 27.7. The van der Waals surface area contributed by atoms with Crippen molar-refractivity contribution in [1.82, 2.24) is 24.7 Å². The lowest BCUT2D eigenvalue weighted by molar-refractivity contribution is 0.114. The Labute approximate surface area is 240 Å². The number of pyridine rings is 1. The van der Waals surface area contributed by atoms with E-state index in [1.165, 1.54) is 6.07 Å². The zero-order valence-corrected chi connectivity index (χ0v) is 22.9. The van der Waals surface area contributed by atoms with Crippen molar-refractivity contribution >= 4 is 34.4 Å². The van der Waals surface area contributed by atoms with Crippen molar-refractivity contribution in [3.05, 3.63) is 77.7 Å². The van der Waals surface area contributed by atoms with Crippen LogP contribution in [-0.4, -0.2) is 36.9 Å². The van der Waals surface area contributed by atoms with Gasteiger partial charge in [-0.2, -0.15) is 10.1 Å². The first kappa shape index (κ1) is 26.9. The number of rotatable bonds is 7. The number of nitrogens with zero attached hydrogens (tertiary/aromatic N) is 5. The summed E-state index contributed by atoms with van der Waals surface area (Å²) in [6.07, 6.45) is 2.86. The van der Waals surface area contributed by atoms with Crippen LogP contribution in [0.15, 0.2) is 60.7 Å². The van der Waals surface area contributed by atoms with Gasteiger partial charge < -0.3 is 20.9 Å². The summed E-state index contributed by atoms with van der Waals surface area (Å²) in [6, 6.07) is 17.6. The molecule has 6 rings (SSSR count). The molecule has 214 valence electrons. The molecule has 0 aliphatic heterocycles. The number of carbonyl (C=O) groups excluding carboxylic acids is 1. The molecule has 1 fully saturated rings. The zero-order chi connectivity index (χ0) is 29.2. The van der Waals surface area contributed by atoms with Crippen LogP contribution in [0.1, 0.15) is 36.9 Å². The van der Waals surface area contributed by atoms with Crippen LogP contribution < -0.4 is 21.5 Å². The highest BCUT2D eigenvalue weighted by molar-refractivity contribution is 5.93. The molecule has 0 atom stereocenters. The number of fused-ring (bicyclic) bond motifs is 1. The molecule has 3 heterocycles. The Morgan fingerprint density at radius 2 is 1.71 bits per heavy atom. The van der Waals surface area contributed by atoms with Gasteiger partial charge >= 0.3 is 6.09 Å². The van der Waals surface area contributed by atoms with Gasteiger partial charge in [0.15, 0.2) is 23.1 Å². The monoisotopic (exact) mass is 568 g/mol. The van der Waals surface area contributed by atoms with Crippen molar-refractivity contribution < 1.29 is 18.7 Å². The van der Waals surface area contributed by atoms with Gasteiger partial charge in [0.25, 0.3) is 0 Å². The summed E-state index contributed by atoms with van der Waals surface area (Å²) in [7, 11) is 0. The maximum absolute atomic E-state index is 14.4. The SMILES string of the molecule is Cc1nn(-c2ccccc2)c2nc(OCc3ccccc3F)c(-c3nc(N)c(NC(=O)OC4CCCC4)c(N)n3)cc12. The molecular weight excluding hydrogens is 539 g/mol. The van der Waals surface area contributed by atoms with Gasteiger partial charge in [0.1, 0.15) is 24.2 Å². The molecule has 5 aromatic rings. The van der Waals surface area contributed by atoms with E-state index in [-0.39, 0.29) is 41.7 Å². The number of nitrogen functional groups attached to an aromatic ring is 2. The third kappa shape index (κ3) is 5.38. The van der Waals surface area contributed by atoms with Crippen LogP contribution in [0.2, 0.25) is 0 Å². The minimum absolute atomic E-state index is 0.0534. The molecule has 0 unspecified atom stereocenters. The number of hydrogen-bond acceptors (Lipinski definition) is 9. The van der Waals surface area contributed by atoms with Crippen molar-refractivity contribution in [3.63, 3.8) is 0 Å². The molecule has 2 aromatic carbocycles. The first-order chi connectivity index (χ1) is 20.4. The Balaban J connectivity index is 1.40. The van der Waals surface area contributed by atoms with E-state index in [2.05, 4.69) is 20.4 Å². The highest BCUT2D eigenvalue weighted by Gasteiger charge is 2.24.